The third-order valence-corrected chi connectivity index (χ3v) is 6.67. The van der Waals surface area contributed by atoms with Crippen LogP contribution in [0.5, 0.6) is 0 Å². The number of carbonyl (C=O) groups is 2. The van der Waals surface area contributed by atoms with Crippen molar-refractivity contribution < 1.29 is 14.3 Å². The molecule has 1 aromatic heterocycles. The summed E-state index contributed by atoms with van der Waals surface area (Å²) in [6.07, 6.45) is 3.73. The van der Waals surface area contributed by atoms with Gasteiger partial charge in [0.2, 0.25) is 5.91 Å². The second kappa shape index (κ2) is 8.06. The summed E-state index contributed by atoms with van der Waals surface area (Å²) in [4.78, 5) is 32.7. The molecule has 6 nitrogen and oxygen atoms in total. The number of hydrogen-bond donors (Lipinski definition) is 0. The normalized spacial score (nSPS) is 27.2. The first-order valence-electron chi connectivity index (χ1n) is 9.68. The van der Waals surface area contributed by atoms with Crippen LogP contribution in [0.3, 0.4) is 0 Å². The van der Waals surface area contributed by atoms with Crippen LogP contribution in [0.2, 0.25) is 0 Å². The molecule has 0 saturated carbocycles. The molecule has 26 heavy (non-hydrogen) atoms. The molecule has 3 saturated heterocycles. The van der Waals surface area contributed by atoms with Gasteiger partial charge in [0.05, 0.1) is 12.6 Å². The minimum Gasteiger partial charge on any atom is -0.368 e. The van der Waals surface area contributed by atoms with Crippen LogP contribution in [-0.4, -0.2) is 78.5 Å². The van der Waals surface area contributed by atoms with E-state index in [0.717, 1.165) is 45.3 Å². The van der Waals surface area contributed by atoms with Gasteiger partial charge in [-0.1, -0.05) is 6.07 Å². The average Bonchev–Trinajstić information content (AvgIpc) is 3.43. The molecule has 0 bridgehead atoms. The molecule has 0 spiro atoms. The number of thiophene rings is 1. The highest BCUT2D eigenvalue weighted by atomic mass is 32.1. The molecular weight excluding hydrogens is 350 g/mol. The predicted molar refractivity (Wildman–Crippen MR) is 100 cm³/mol. The molecule has 4 heterocycles. The molecule has 2 amide bonds. The molecule has 4 rings (SSSR count). The van der Waals surface area contributed by atoms with Gasteiger partial charge in [0, 0.05) is 44.2 Å². The number of amides is 2. The summed E-state index contributed by atoms with van der Waals surface area (Å²) in [7, 11) is 0. The Morgan fingerprint density at radius 2 is 1.96 bits per heavy atom. The van der Waals surface area contributed by atoms with Gasteiger partial charge in [-0.3, -0.25) is 14.5 Å². The van der Waals surface area contributed by atoms with Crippen LogP contribution in [-0.2, 0) is 14.3 Å². The van der Waals surface area contributed by atoms with Crippen molar-refractivity contribution in [1.29, 1.82) is 0 Å². The number of ether oxygens (including phenoxy) is 1. The Labute approximate surface area is 158 Å². The van der Waals surface area contributed by atoms with Crippen LogP contribution < -0.4 is 0 Å². The first-order valence-corrected chi connectivity index (χ1v) is 10.6. The van der Waals surface area contributed by atoms with E-state index in [9.17, 15) is 9.59 Å². The average molecular weight is 378 g/mol. The summed E-state index contributed by atoms with van der Waals surface area (Å²) >= 11 is 1.74. The molecule has 7 heteroatoms. The largest absolute Gasteiger partial charge is 0.368 e. The van der Waals surface area contributed by atoms with Crippen LogP contribution in [0.25, 0.3) is 0 Å². The minimum absolute atomic E-state index is 0.130. The highest BCUT2D eigenvalue weighted by Gasteiger charge is 2.33. The fourth-order valence-corrected chi connectivity index (χ4v) is 5.10. The summed E-state index contributed by atoms with van der Waals surface area (Å²) in [6.45, 7) is 4.94. The molecule has 3 aliphatic heterocycles. The number of rotatable bonds is 4. The fraction of sp³-hybridized carbons (Fsp3) is 0.684. The van der Waals surface area contributed by atoms with Gasteiger partial charge < -0.3 is 14.5 Å². The van der Waals surface area contributed by atoms with Crippen LogP contribution in [0.4, 0.5) is 0 Å². The zero-order valence-electron chi connectivity index (χ0n) is 15.1. The van der Waals surface area contributed by atoms with Gasteiger partial charge in [-0.2, -0.15) is 0 Å². The molecule has 2 atom stereocenters. The second-order valence-electron chi connectivity index (χ2n) is 7.36. The van der Waals surface area contributed by atoms with E-state index >= 15 is 0 Å². The highest BCUT2D eigenvalue weighted by molar-refractivity contribution is 7.10. The van der Waals surface area contributed by atoms with Gasteiger partial charge in [-0.15, -0.1) is 11.3 Å². The summed E-state index contributed by atoms with van der Waals surface area (Å²) in [5.74, 6) is 0.352. The summed E-state index contributed by atoms with van der Waals surface area (Å²) < 4.78 is 5.51. The number of nitrogens with zero attached hydrogens (tertiary/aromatic N) is 3. The zero-order chi connectivity index (χ0) is 17.9. The topological polar surface area (TPSA) is 53.1 Å². The lowest BCUT2D eigenvalue weighted by atomic mass is 10.2. The summed E-state index contributed by atoms with van der Waals surface area (Å²) in [5, 5.41) is 2.08. The van der Waals surface area contributed by atoms with Crippen molar-refractivity contribution in [3.8, 4) is 0 Å². The van der Waals surface area contributed by atoms with Crippen LogP contribution in [0.1, 0.15) is 36.6 Å². The van der Waals surface area contributed by atoms with Crippen molar-refractivity contribution in [2.45, 2.75) is 37.8 Å². The third kappa shape index (κ3) is 3.80. The Morgan fingerprint density at radius 3 is 2.65 bits per heavy atom. The Balaban J connectivity index is 1.27. The second-order valence-corrected chi connectivity index (χ2v) is 8.34. The summed E-state index contributed by atoms with van der Waals surface area (Å²) in [6, 6.07) is 4.45. The van der Waals surface area contributed by atoms with E-state index in [4.69, 9.17) is 4.74 Å². The first-order chi connectivity index (χ1) is 12.7. The lowest BCUT2D eigenvalue weighted by Crippen LogP contribution is -2.53. The van der Waals surface area contributed by atoms with E-state index in [1.807, 2.05) is 4.90 Å². The molecule has 142 valence electrons. The van der Waals surface area contributed by atoms with Crippen molar-refractivity contribution in [3.63, 3.8) is 0 Å². The van der Waals surface area contributed by atoms with Gasteiger partial charge in [0.15, 0.2) is 0 Å². The zero-order valence-corrected chi connectivity index (χ0v) is 16.0. The smallest absolute Gasteiger partial charge is 0.251 e. The van der Waals surface area contributed by atoms with Crippen LogP contribution in [0, 0.1) is 0 Å². The SMILES string of the molecule is O=C(C1CCCO1)N1CCN(CC(=O)N2CCCC2c2cccs2)CC1. The lowest BCUT2D eigenvalue weighted by Gasteiger charge is -2.36. The maximum absolute atomic E-state index is 12.8. The Hall–Kier alpha value is -1.44. The van der Waals surface area contributed by atoms with Crippen molar-refractivity contribution in [2.75, 3.05) is 45.9 Å². The Kier molecular flexibility index (Phi) is 5.57. The lowest BCUT2D eigenvalue weighted by molar-refractivity contribution is -0.143. The molecule has 3 aliphatic rings. The number of piperazine rings is 1. The van der Waals surface area contributed by atoms with Gasteiger partial charge in [-0.25, -0.2) is 0 Å². The van der Waals surface area contributed by atoms with E-state index in [2.05, 4.69) is 27.3 Å². The minimum atomic E-state index is -0.237. The molecule has 0 radical (unpaired) electrons. The Bertz CT molecular complexity index is 622. The van der Waals surface area contributed by atoms with Crippen molar-refractivity contribution in [3.05, 3.63) is 22.4 Å². The third-order valence-electron chi connectivity index (χ3n) is 5.69. The van der Waals surface area contributed by atoms with E-state index in [-0.39, 0.29) is 24.0 Å². The van der Waals surface area contributed by atoms with Gasteiger partial charge >= 0.3 is 0 Å². The van der Waals surface area contributed by atoms with E-state index in [0.29, 0.717) is 26.2 Å². The molecule has 1 aromatic rings. The molecule has 0 aliphatic carbocycles. The highest BCUT2D eigenvalue weighted by Crippen LogP contribution is 2.34. The van der Waals surface area contributed by atoms with E-state index in [1.54, 1.807) is 11.3 Å². The van der Waals surface area contributed by atoms with Crippen molar-refractivity contribution in [1.82, 2.24) is 14.7 Å². The quantitative estimate of drug-likeness (QED) is 0.802. The molecule has 0 N–H and O–H groups in total. The van der Waals surface area contributed by atoms with Gasteiger partial charge in [0.25, 0.3) is 5.91 Å². The van der Waals surface area contributed by atoms with Crippen molar-refractivity contribution in [2.24, 2.45) is 0 Å². The number of carbonyl (C=O) groups excluding carboxylic acids is 2. The first kappa shape index (κ1) is 17.9. The molecule has 2 unspecified atom stereocenters. The van der Waals surface area contributed by atoms with E-state index in [1.165, 1.54) is 4.88 Å². The maximum Gasteiger partial charge on any atom is 0.251 e. The molecular formula is C19H27N3O3S. The van der Waals surface area contributed by atoms with Crippen LogP contribution in [0.15, 0.2) is 17.5 Å². The van der Waals surface area contributed by atoms with Gasteiger partial charge in [0.1, 0.15) is 6.10 Å². The van der Waals surface area contributed by atoms with Gasteiger partial charge in [-0.05, 0) is 37.1 Å². The van der Waals surface area contributed by atoms with Crippen molar-refractivity contribution >= 4 is 23.2 Å². The Morgan fingerprint density at radius 1 is 1.12 bits per heavy atom. The fourth-order valence-electron chi connectivity index (χ4n) is 4.23. The molecule has 0 aromatic carbocycles. The monoisotopic (exact) mass is 377 g/mol. The number of likely N-dealkylation sites (tertiary alicyclic amines) is 1. The molecule has 3 fully saturated rings. The standard InChI is InChI=1S/C19H27N3O3S/c23-18(22-7-1-4-15(22)17-6-3-13-26-17)14-20-8-10-21(11-9-20)19(24)16-5-2-12-25-16/h3,6,13,15-16H,1-2,4-5,7-12,14H2. The number of hydrogen-bond acceptors (Lipinski definition) is 5. The van der Waals surface area contributed by atoms with Crippen LogP contribution >= 0.6 is 11.3 Å². The summed E-state index contributed by atoms with van der Waals surface area (Å²) in [5.41, 5.74) is 0. The maximum atomic E-state index is 12.8. The predicted octanol–water partition coefficient (Wildman–Crippen LogP) is 1.73. The van der Waals surface area contributed by atoms with E-state index < -0.39 is 0 Å².